The van der Waals surface area contributed by atoms with Gasteiger partial charge in [0.25, 0.3) is 0 Å². The zero-order chi connectivity index (χ0) is 20.1. The fourth-order valence-electron chi connectivity index (χ4n) is 4.32. The molecule has 0 saturated carbocycles. The quantitative estimate of drug-likeness (QED) is 0.648. The third kappa shape index (κ3) is 5.03. The number of nitrogens with zero attached hydrogens (tertiary/aromatic N) is 1. The molecule has 0 aromatic heterocycles. The number of nitrogens with one attached hydrogen (secondary N) is 1. The molecule has 1 saturated heterocycles. The van der Waals surface area contributed by atoms with Gasteiger partial charge in [0, 0.05) is 26.2 Å². The molecule has 3 N–H and O–H groups in total. The van der Waals surface area contributed by atoms with E-state index < -0.39 is 0 Å². The van der Waals surface area contributed by atoms with E-state index in [4.69, 9.17) is 5.73 Å². The molecule has 4 heteroatoms. The molecule has 0 bridgehead atoms. The Hall–Kier alpha value is -2.69. The molecule has 1 heterocycles. The SMILES string of the molecule is NC(=O)C1CCCN(Cc2cccc(CNCc3cccc4ccccc34)c2)C1. The Balaban J connectivity index is 1.35. The summed E-state index contributed by atoms with van der Waals surface area (Å²) >= 11 is 0. The molecule has 4 rings (SSSR count). The first-order valence-corrected chi connectivity index (χ1v) is 10.5. The smallest absolute Gasteiger partial charge is 0.221 e. The van der Waals surface area contributed by atoms with E-state index in [1.54, 1.807) is 0 Å². The highest BCUT2D eigenvalue weighted by Crippen LogP contribution is 2.20. The molecule has 3 aromatic carbocycles. The van der Waals surface area contributed by atoms with Crippen molar-refractivity contribution in [3.63, 3.8) is 0 Å². The van der Waals surface area contributed by atoms with Crippen LogP contribution in [-0.2, 0) is 24.4 Å². The van der Waals surface area contributed by atoms with Crippen molar-refractivity contribution in [1.82, 2.24) is 10.2 Å². The highest BCUT2D eigenvalue weighted by atomic mass is 16.1. The Labute approximate surface area is 172 Å². The van der Waals surface area contributed by atoms with Crippen molar-refractivity contribution in [1.29, 1.82) is 0 Å². The van der Waals surface area contributed by atoms with Crippen molar-refractivity contribution in [2.75, 3.05) is 13.1 Å². The number of nitrogens with two attached hydrogens (primary N) is 1. The number of fused-ring (bicyclic) bond motifs is 1. The van der Waals surface area contributed by atoms with Gasteiger partial charge in [0.1, 0.15) is 0 Å². The van der Waals surface area contributed by atoms with Crippen LogP contribution in [0.5, 0.6) is 0 Å². The zero-order valence-corrected chi connectivity index (χ0v) is 16.8. The van der Waals surface area contributed by atoms with Crippen molar-refractivity contribution in [3.05, 3.63) is 83.4 Å². The summed E-state index contributed by atoms with van der Waals surface area (Å²) in [6.45, 7) is 4.37. The first-order valence-electron chi connectivity index (χ1n) is 10.5. The number of likely N-dealkylation sites (tertiary alicyclic amines) is 1. The van der Waals surface area contributed by atoms with Crippen molar-refractivity contribution >= 4 is 16.7 Å². The van der Waals surface area contributed by atoms with Crippen molar-refractivity contribution in [2.24, 2.45) is 11.7 Å². The van der Waals surface area contributed by atoms with Crippen molar-refractivity contribution in [2.45, 2.75) is 32.5 Å². The second kappa shape index (κ2) is 9.21. The van der Waals surface area contributed by atoms with Gasteiger partial charge in [-0.1, -0.05) is 66.7 Å². The van der Waals surface area contributed by atoms with Crippen LogP contribution >= 0.6 is 0 Å². The summed E-state index contributed by atoms with van der Waals surface area (Å²) in [5, 5.41) is 6.18. The van der Waals surface area contributed by atoms with E-state index in [9.17, 15) is 4.79 Å². The maximum Gasteiger partial charge on any atom is 0.221 e. The van der Waals surface area contributed by atoms with E-state index in [0.29, 0.717) is 0 Å². The van der Waals surface area contributed by atoms with Gasteiger partial charge in [-0.3, -0.25) is 9.69 Å². The van der Waals surface area contributed by atoms with Crippen LogP contribution in [0.25, 0.3) is 10.8 Å². The van der Waals surface area contributed by atoms with E-state index in [0.717, 1.165) is 45.6 Å². The number of amides is 1. The summed E-state index contributed by atoms with van der Waals surface area (Å²) in [5.74, 6) is -0.171. The number of carbonyl (C=O) groups is 1. The number of benzene rings is 3. The third-order valence-electron chi connectivity index (χ3n) is 5.83. The normalized spacial score (nSPS) is 17.4. The topological polar surface area (TPSA) is 58.4 Å². The molecule has 4 nitrogen and oxygen atoms in total. The lowest BCUT2D eigenvalue weighted by Crippen LogP contribution is -2.40. The average molecular weight is 388 g/mol. The number of carbonyl (C=O) groups excluding carboxylic acids is 1. The molecule has 1 fully saturated rings. The van der Waals surface area contributed by atoms with Gasteiger partial charge in [-0.15, -0.1) is 0 Å². The summed E-state index contributed by atoms with van der Waals surface area (Å²) in [6, 6.07) is 23.7. The Kier molecular flexibility index (Phi) is 6.23. The van der Waals surface area contributed by atoms with E-state index in [1.165, 1.54) is 27.5 Å². The van der Waals surface area contributed by atoms with Crippen molar-refractivity contribution in [3.8, 4) is 0 Å². The van der Waals surface area contributed by atoms with Gasteiger partial charge in [-0.2, -0.15) is 0 Å². The molecular formula is C25H29N3O. The molecule has 150 valence electrons. The molecule has 1 unspecified atom stereocenters. The molecule has 0 aliphatic carbocycles. The second-order valence-electron chi connectivity index (χ2n) is 8.04. The van der Waals surface area contributed by atoms with E-state index >= 15 is 0 Å². The van der Waals surface area contributed by atoms with E-state index in [-0.39, 0.29) is 11.8 Å². The second-order valence-corrected chi connectivity index (χ2v) is 8.04. The Morgan fingerprint density at radius 3 is 2.69 bits per heavy atom. The lowest BCUT2D eigenvalue weighted by molar-refractivity contribution is -0.123. The molecule has 0 radical (unpaired) electrons. The molecule has 1 amide bonds. The Bertz CT molecular complexity index is 979. The fraction of sp³-hybridized carbons (Fsp3) is 0.320. The first kappa shape index (κ1) is 19.6. The van der Waals surface area contributed by atoms with Gasteiger partial charge in [0.15, 0.2) is 0 Å². The lowest BCUT2D eigenvalue weighted by atomic mass is 9.97. The molecule has 1 atom stereocenters. The molecule has 0 spiro atoms. The zero-order valence-electron chi connectivity index (χ0n) is 16.8. The van der Waals surface area contributed by atoms with Crippen LogP contribution in [0.4, 0.5) is 0 Å². The molecular weight excluding hydrogens is 358 g/mol. The van der Waals surface area contributed by atoms with Gasteiger partial charge in [-0.05, 0) is 46.8 Å². The van der Waals surface area contributed by atoms with Crippen molar-refractivity contribution < 1.29 is 4.79 Å². The average Bonchev–Trinajstić information content (AvgIpc) is 2.74. The van der Waals surface area contributed by atoms with Crippen LogP contribution in [0.3, 0.4) is 0 Å². The summed E-state index contributed by atoms with van der Waals surface area (Å²) in [4.78, 5) is 13.9. The predicted molar refractivity (Wildman–Crippen MR) is 118 cm³/mol. The van der Waals surface area contributed by atoms with Crippen LogP contribution in [0, 0.1) is 5.92 Å². The minimum absolute atomic E-state index is 0.00528. The van der Waals surface area contributed by atoms with Crippen LogP contribution in [0.1, 0.15) is 29.5 Å². The summed E-state index contributed by atoms with van der Waals surface area (Å²) < 4.78 is 0. The van der Waals surface area contributed by atoms with Crippen LogP contribution < -0.4 is 11.1 Å². The maximum absolute atomic E-state index is 11.5. The molecule has 29 heavy (non-hydrogen) atoms. The number of hydrogen-bond donors (Lipinski definition) is 2. The van der Waals surface area contributed by atoms with Gasteiger partial charge >= 0.3 is 0 Å². The van der Waals surface area contributed by atoms with Gasteiger partial charge in [0.2, 0.25) is 5.91 Å². The summed E-state index contributed by atoms with van der Waals surface area (Å²) in [6.07, 6.45) is 1.96. The number of piperidine rings is 1. The Morgan fingerprint density at radius 1 is 1.00 bits per heavy atom. The molecule has 1 aliphatic rings. The maximum atomic E-state index is 11.5. The number of rotatable bonds is 7. The van der Waals surface area contributed by atoms with Gasteiger partial charge in [-0.25, -0.2) is 0 Å². The van der Waals surface area contributed by atoms with Gasteiger partial charge in [0.05, 0.1) is 5.92 Å². The summed E-state index contributed by atoms with van der Waals surface area (Å²) in [7, 11) is 0. The first-order chi connectivity index (χ1) is 14.2. The highest BCUT2D eigenvalue weighted by molar-refractivity contribution is 5.85. The molecule has 1 aliphatic heterocycles. The summed E-state index contributed by atoms with van der Waals surface area (Å²) in [5.41, 5.74) is 9.41. The monoisotopic (exact) mass is 387 g/mol. The standard InChI is InChI=1S/C25H29N3O/c26-25(29)23-11-5-13-28(18-23)17-20-7-3-6-19(14-20)15-27-16-22-10-4-9-21-8-1-2-12-24(21)22/h1-4,6-10,12,14,23,27H,5,11,13,15-18H2,(H2,26,29). The van der Waals surface area contributed by atoms with Crippen LogP contribution in [0.2, 0.25) is 0 Å². The molecule has 3 aromatic rings. The van der Waals surface area contributed by atoms with E-state index in [1.807, 2.05) is 0 Å². The third-order valence-corrected chi connectivity index (χ3v) is 5.83. The van der Waals surface area contributed by atoms with E-state index in [2.05, 4.69) is 76.9 Å². The highest BCUT2D eigenvalue weighted by Gasteiger charge is 2.23. The minimum Gasteiger partial charge on any atom is -0.369 e. The lowest BCUT2D eigenvalue weighted by Gasteiger charge is -2.31. The van der Waals surface area contributed by atoms with Crippen LogP contribution in [0.15, 0.2) is 66.7 Å². The minimum atomic E-state index is -0.166. The Morgan fingerprint density at radius 2 is 1.79 bits per heavy atom. The largest absolute Gasteiger partial charge is 0.369 e. The van der Waals surface area contributed by atoms with Gasteiger partial charge < -0.3 is 11.1 Å². The predicted octanol–water partition coefficient (Wildman–Crippen LogP) is 3.83. The fourth-order valence-corrected chi connectivity index (χ4v) is 4.32. The number of primary amides is 1. The van der Waals surface area contributed by atoms with Crippen LogP contribution in [-0.4, -0.2) is 23.9 Å². The number of hydrogen-bond acceptors (Lipinski definition) is 3.